The number of nitrogens with zero attached hydrogens (tertiary/aromatic N) is 1. The summed E-state index contributed by atoms with van der Waals surface area (Å²) in [7, 11) is -3.55. The molecule has 1 aromatic rings. The van der Waals surface area contributed by atoms with Crippen LogP contribution < -0.4 is 0 Å². The van der Waals surface area contributed by atoms with Crippen LogP contribution in [0.4, 0.5) is 5.69 Å². The maximum Gasteiger partial charge on any atom is 0.269 e. The van der Waals surface area contributed by atoms with Crippen molar-refractivity contribution in [1.29, 1.82) is 0 Å². The Morgan fingerprint density at radius 3 is 2.20 bits per heavy atom. The van der Waals surface area contributed by atoms with Crippen LogP contribution >= 0.6 is 0 Å². The highest BCUT2D eigenvalue weighted by atomic mass is 32.2. The molecule has 7 nitrogen and oxygen atoms in total. The predicted octanol–water partition coefficient (Wildman–Crippen LogP) is 2.12. The Morgan fingerprint density at radius 1 is 1.20 bits per heavy atom. The molecule has 0 atom stereocenters. The first-order valence-corrected chi connectivity index (χ1v) is 7.55. The van der Waals surface area contributed by atoms with E-state index in [0.717, 1.165) is 12.1 Å². The average Bonchev–Trinajstić information content (AvgIpc) is 2.34. The van der Waals surface area contributed by atoms with Gasteiger partial charge >= 0.3 is 0 Å². The molecule has 0 aliphatic carbocycles. The molecular weight excluding hydrogens is 286 g/mol. The van der Waals surface area contributed by atoms with Crippen molar-refractivity contribution in [2.24, 2.45) is 0 Å². The molecule has 8 heteroatoms. The molecule has 0 spiro atoms. The third-order valence-electron chi connectivity index (χ3n) is 2.15. The van der Waals surface area contributed by atoms with Crippen molar-refractivity contribution < 1.29 is 23.1 Å². The Morgan fingerprint density at radius 2 is 1.75 bits per heavy atom. The van der Waals surface area contributed by atoms with Gasteiger partial charge in [-0.05, 0) is 32.9 Å². The Balaban J connectivity index is 2.62. The Bertz CT molecular complexity index is 559. The van der Waals surface area contributed by atoms with Gasteiger partial charge in [0.15, 0.2) is 9.84 Å². The van der Waals surface area contributed by atoms with Crippen LogP contribution in [0.1, 0.15) is 20.8 Å². The minimum atomic E-state index is -3.55. The molecule has 0 aromatic heterocycles. The maximum absolute atomic E-state index is 11.9. The average molecular weight is 303 g/mol. The summed E-state index contributed by atoms with van der Waals surface area (Å²) in [4.78, 5) is 19.7. The van der Waals surface area contributed by atoms with Gasteiger partial charge in [0.1, 0.15) is 0 Å². The van der Waals surface area contributed by atoms with Crippen LogP contribution in [0.2, 0.25) is 0 Å². The van der Waals surface area contributed by atoms with Crippen LogP contribution in [-0.4, -0.2) is 31.3 Å². The lowest BCUT2D eigenvalue weighted by Crippen LogP contribution is -2.22. The Kier molecular flexibility index (Phi) is 5.21. The monoisotopic (exact) mass is 303 g/mol. The van der Waals surface area contributed by atoms with Gasteiger partial charge in [0.05, 0.1) is 27.8 Å². The van der Waals surface area contributed by atoms with Crippen molar-refractivity contribution >= 4 is 15.5 Å². The largest absolute Gasteiger partial charge is 0.269 e. The third-order valence-corrected chi connectivity index (χ3v) is 3.85. The van der Waals surface area contributed by atoms with E-state index in [2.05, 4.69) is 0 Å². The van der Waals surface area contributed by atoms with E-state index >= 15 is 0 Å². The SMILES string of the molecule is CC(C)(C)OOCCS(=O)(=O)c1ccc([N+](=O)[O-])cc1. The number of hydrogen-bond donors (Lipinski definition) is 0. The van der Waals surface area contributed by atoms with Gasteiger partial charge in [-0.1, -0.05) is 0 Å². The van der Waals surface area contributed by atoms with Gasteiger partial charge < -0.3 is 0 Å². The van der Waals surface area contributed by atoms with Crippen molar-refractivity contribution in [3.8, 4) is 0 Å². The zero-order valence-electron chi connectivity index (χ0n) is 11.5. The normalized spacial score (nSPS) is 12.3. The van der Waals surface area contributed by atoms with Crippen LogP contribution in [-0.2, 0) is 19.6 Å². The summed E-state index contributed by atoms with van der Waals surface area (Å²) in [5, 5.41) is 10.5. The quantitative estimate of drug-likeness (QED) is 0.345. The molecule has 1 rings (SSSR count). The molecular formula is C12H17NO6S. The number of benzene rings is 1. The summed E-state index contributed by atoms with van der Waals surface area (Å²) in [5.41, 5.74) is -0.673. The summed E-state index contributed by atoms with van der Waals surface area (Å²) in [5.74, 6) is -0.263. The Hall–Kier alpha value is -1.51. The van der Waals surface area contributed by atoms with Crippen LogP contribution in [0.25, 0.3) is 0 Å². The van der Waals surface area contributed by atoms with Gasteiger partial charge in [0, 0.05) is 12.1 Å². The number of sulfone groups is 1. The van der Waals surface area contributed by atoms with Crippen LogP contribution in [0.3, 0.4) is 0 Å². The summed E-state index contributed by atoms with van der Waals surface area (Å²) < 4.78 is 23.9. The molecule has 0 heterocycles. The van der Waals surface area contributed by atoms with Crippen molar-refractivity contribution in [3.63, 3.8) is 0 Å². The van der Waals surface area contributed by atoms with Crippen LogP contribution in [0, 0.1) is 10.1 Å². The first kappa shape index (κ1) is 16.5. The maximum atomic E-state index is 11.9. The summed E-state index contributed by atoms with van der Waals surface area (Å²) in [6.45, 7) is 5.21. The smallest absolute Gasteiger partial charge is 0.258 e. The topological polar surface area (TPSA) is 95.7 Å². The molecule has 0 saturated heterocycles. The van der Waals surface area contributed by atoms with Crippen molar-refractivity contribution in [1.82, 2.24) is 0 Å². The molecule has 0 fully saturated rings. The van der Waals surface area contributed by atoms with Gasteiger partial charge in [-0.2, -0.15) is 0 Å². The number of nitro benzene ring substituents is 1. The number of non-ortho nitro benzene ring substituents is 1. The Labute approximate surface area is 117 Å². The van der Waals surface area contributed by atoms with E-state index in [9.17, 15) is 18.5 Å². The van der Waals surface area contributed by atoms with E-state index in [1.165, 1.54) is 12.1 Å². The fraction of sp³-hybridized carbons (Fsp3) is 0.500. The lowest BCUT2D eigenvalue weighted by atomic mass is 10.2. The minimum Gasteiger partial charge on any atom is -0.258 e. The molecule has 0 amide bonds. The van der Waals surface area contributed by atoms with E-state index in [0.29, 0.717) is 0 Å². The van der Waals surface area contributed by atoms with E-state index in [-0.39, 0.29) is 22.9 Å². The molecule has 0 aliphatic heterocycles. The standard InChI is InChI=1S/C12H17NO6S/c1-12(2,3)19-18-8-9-20(16,17)11-6-4-10(5-7-11)13(14)15/h4-7H,8-9H2,1-3H3. The highest BCUT2D eigenvalue weighted by molar-refractivity contribution is 7.91. The molecule has 20 heavy (non-hydrogen) atoms. The second-order valence-electron chi connectivity index (χ2n) is 5.09. The molecule has 0 N–H and O–H groups in total. The second kappa shape index (κ2) is 6.29. The van der Waals surface area contributed by atoms with Crippen molar-refractivity contribution in [2.45, 2.75) is 31.3 Å². The van der Waals surface area contributed by atoms with Gasteiger partial charge in [0.2, 0.25) is 0 Å². The summed E-state index contributed by atoms with van der Waals surface area (Å²) in [6.07, 6.45) is 0. The van der Waals surface area contributed by atoms with Crippen LogP contribution in [0.15, 0.2) is 29.2 Å². The second-order valence-corrected chi connectivity index (χ2v) is 7.20. The van der Waals surface area contributed by atoms with Crippen LogP contribution in [0.5, 0.6) is 0 Å². The van der Waals surface area contributed by atoms with Gasteiger partial charge in [0.25, 0.3) is 5.69 Å². The zero-order valence-corrected chi connectivity index (χ0v) is 12.3. The highest BCUT2D eigenvalue weighted by Crippen LogP contribution is 2.17. The molecule has 112 valence electrons. The van der Waals surface area contributed by atoms with E-state index < -0.39 is 20.4 Å². The van der Waals surface area contributed by atoms with E-state index in [1.807, 2.05) is 0 Å². The summed E-state index contributed by atoms with van der Waals surface area (Å²) >= 11 is 0. The molecule has 0 radical (unpaired) electrons. The van der Waals surface area contributed by atoms with Gasteiger partial charge in [-0.15, -0.1) is 0 Å². The number of nitro groups is 1. The first-order chi connectivity index (χ1) is 9.12. The lowest BCUT2D eigenvalue weighted by Gasteiger charge is -2.17. The van der Waals surface area contributed by atoms with E-state index in [4.69, 9.17) is 9.78 Å². The third kappa shape index (κ3) is 5.24. The van der Waals surface area contributed by atoms with E-state index in [1.54, 1.807) is 20.8 Å². The highest BCUT2D eigenvalue weighted by Gasteiger charge is 2.17. The predicted molar refractivity (Wildman–Crippen MR) is 71.9 cm³/mol. The molecule has 0 unspecified atom stereocenters. The molecule has 0 saturated carbocycles. The van der Waals surface area contributed by atoms with Gasteiger partial charge in [-0.3, -0.25) is 10.1 Å². The fourth-order valence-electron chi connectivity index (χ4n) is 1.26. The fourth-order valence-corrected chi connectivity index (χ4v) is 2.33. The summed E-state index contributed by atoms with van der Waals surface area (Å²) in [6, 6.07) is 4.72. The van der Waals surface area contributed by atoms with Crippen molar-refractivity contribution in [2.75, 3.05) is 12.4 Å². The number of hydrogen-bond acceptors (Lipinski definition) is 6. The van der Waals surface area contributed by atoms with Gasteiger partial charge in [-0.25, -0.2) is 18.2 Å². The lowest BCUT2D eigenvalue weighted by molar-refractivity contribution is -0.384. The molecule has 1 aromatic carbocycles. The minimum absolute atomic E-state index is 0.0162. The number of rotatable bonds is 6. The van der Waals surface area contributed by atoms with Crippen molar-refractivity contribution in [3.05, 3.63) is 34.4 Å². The molecule has 0 aliphatic rings. The first-order valence-electron chi connectivity index (χ1n) is 5.90. The molecule has 0 bridgehead atoms. The zero-order chi connectivity index (χ0) is 15.4.